The Kier molecular flexibility index (Phi) is 6.06. The summed E-state index contributed by atoms with van der Waals surface area (Å²) in [4.78, 5) is 31.9. The van der Waals surface area contributed by atoms with Gasteiger partial charge in [0.05, 0.1) is 18.2 Å². The molecule has 10 heteroatoms. The number of hydrogen-bond acceptors (Lipinski definition) is 6. The highest BCUT2D eigenvalue weighted by atomic mass is 16.2. The van der Waals surface area contributed by atoms with Crippen molar-refractivity contribution in [2.75, 3.05) is 30.4 Å². The highest BCUT2D eigenvalue weighted by molar-refractivity contribution is 5.88. The molecule has 2 N–H and O–H groups in total. The molecule has 0 fully saturated rings. The third-order valence-corrected chi connectivity index (χ3v) is 6.81. The van der Waals surface area contributed by atoms with Crippen LogP contribution in [0.2, 0.25) is 0 Å². The molecule has 5 rings (SSSR count). The molecular weight excluding hydrogens is 456 g/mol. The van der Waals surface area contributed by atoms with Crippen LogP contribution in [-0.2, 0) is 31.2 Å². The number of hydrogen-bond donors (Lipinski definition) is 2. The summed E-state index contributed by atoms with van der Waals surface area (Å²) in [6.07, 6.45) is 4.26. The molecule has 1 aromatic carbocycles. The zero-order chi connectivity index (χ0) is 25.4. The van der Waals surface area contributed by atoms with Crippen LogP contribution in [0.4, 0.5) is 22.1 Å². The zero-order valence-electron chi connectivity index (χ0n) is 20.6. The van der Waals surface area contributed by atoms with E-state index in [1.807, 2.05) is 23.9 Å². The van der Waals surface area contributed by atoms with Crippen molar-refractivity contribution >= 4 is 29.3 Å². The third kappa shape index (κ3) is 4.13. The molecule has 0 aliphatic carbocycles. The fraction of sp³-hybridized carbons (Fsp3) is 0.346. The SMILES string of the molecule is CNC(=O)N1CCc2c(c(N3CCCc4cc(-c5ccc(NC(C)=O)nc5)c(C#N)cc43)nn2C)C1. The van der Waals surface area contributed by atoms with E-state index in [1.54, 1.807) is 24.2 Å². The molecule has 0 saturated heterocycles. The number of pyridine rings is 1. The van der Waals surface area contributed by atoms with Crippen LogP contribution in [0.1, 0.15) is 35.7 Å². The minimum atomic E-state index is -0.183. The van der Waals surface area contributed by atoms with Crippen molar-refractivity contribution in [3.8, 4) is 17.2 Å². The Morgan fingerprint density at radius 1 is 1.17 bits per heavy atom. The Labute approximate surface area is 209 Å². The van der Waals surface area contributed by atoms with Gasteiger partial charge in [0, 0.05) is 74.8 Å². The number of benzene rings is 1. The highest BCUT2D eigenvalue weighted by Crippen LogP contribution is 2.40. The van der Waals surface area contributed by atoms with Crippen molar-refractivity contribution in [3.05, 3.63) is 52.8 Å². The highest BCUT2D eigenvalue weighted by Gasteiger charge is 2.31. The number of amides is 3. The number of aryl methyl sites for hydroxylation is 2. The van der Waals surface area contributed by atoms with Crippen molar-refractivity contribution in [3.63, 3.8) is 0 Å². The van der Waals surface area contributed by atoms with Gasteiger partial charge in [-0.2, -0.15) is 10.4 Å². The predicted octanol–water partition coefficient (Wildman–Crippen LogP) is 3.09. The van der Waals surface area contributed by atoms with Crippen LogP contribution in [-0.4, -0.2) is 51.7 Å². The molecule has 36 heavy (non-hydrogen) atoms. The van der Waals surface area contributed by atoms with Gasteiger partial charge in [0.1, 0.15) is 5.82 Å². The van der Waals surface area contributed by atoms with Crippen LogP contribution in [0.3, 0.4) is 0 Å². The topological polar surface area (TPSA) is 119 Å². The average Bonchev–Trinajstić information content (AvgIpc) is 3.22. The van der Waals surface area contributed by atoms with Crippen LogP contribution in [0, 0.1) is 11.3 Å². The fourth-order valence-electron chi connectivity index (χ4n) is 5.11. The van der Waals surface area contributed by atoms with Crippen LogP contribution in [0.5, 0.6) is 0 Å². The van der Waals surface area contributed by atoms with Crippen LogP contribution < -0.4 is 15.5 Å². The van der Waals surface area contributed by atoms with Crippen LogP contribution >= 0.6 is 0 Å². The molecule has 184 valence electrons. The molecule has 0 atom stereocenters. The Balaban J connectivity index is 1.53. The summed E-state index contributed by atoms with van der Waals surface area (Å²) in [5.74, 6) is 1.14. The second kappa shape index (κ2) is 9.34. The molecule has 3 aromatic rings. The molecule has 0 radical (unpaired) electrons. The van der Waals surface area contributed by atoms with Gasteiger partial charge in [-0.25, -0.2) is 9.78 Å². The first kappa shape index (κ1) is 23.4. The molecule has 2 aromatic heterocycles. The summed E-state index contributed by atoms with van der Waals surface area (Å²) in [5, 5.41) is 20.3. The molecule has 3 amide bonds. The fourth-order valence-corrected chi connectivity index (χ4v) is 5.11. The summed E-state index contributed by atoms with van der Waals surface area (Å²) in [6, 6.07) is 9.87. The minimum absolute atomic E-state index is 0.0935. The number of fused-ring (bicyclic) bond motifs is 2. The molecule has 10 nitrogen and oxygen atoms in total. The number of aromatic nitrogens is 3. The maximum absolute atomic E-state index is 12.3. The van der Waals surface area contributed by atoms with Crippen molar-refractivity contribution in [1.29, 1.82) is 5.26 Å². The minimum Gasteiger partial charge on any atom is -0.341 e. The molecular formula is C26H28N8O2. The van der Waals surface area contributed by atoms with Gasteiger partial charge in [-0.3, -0.25) is 9.48 Å². The van der Waals surface area contributed by atoms with Crippen molar-refractivity contribution < 1.29 is 9.59 Å². The number of nitrogens with zero attached hydrogens (tertiary/aromatic N) is 6. The largest absolute Gasteiger partial charge is 0.341 e. The molecule has 0 bridgehead atoms. The van der Waals surface area contributed by atoms with Gasteiger partial charge in [0.25, 0.3) is 0 Å². The second-order valence-corrected chi connectivity index (χ2v) is 9.11. The standard InChI is InChI=1S/C26H28N8O2/c1-16(35)30-24-7-6-18(14-29-24)20-11-17-5-4-9-34(23(17)12-19(20)13-27)25-21-15-33(26(36)28-2)10-8-22(21)32(3)31-25/h6-7,11-12,14H,4-5,8-10,15H2,1-3H3,(H,28,36)(H,29,30,35). The summed E-state index contributed by atoms with van der Waals surface area (Å²) < 4.78 is 1.92. The molecule has 0 unspecified atom stereocenters. The molecule has 2 aliphatic heterocycles. The van der Waals surface area contributed by atoms with E-state index in [0.29, 0.717) is 24.5 Å². The number of anilines is 3. The van der Waals surface area contributed by atoms with E-state index < -0.39 is 0 Å². The number of nitriles is 1. The lowest BCUT2D eigenvalue weighted by Gasteiger charge is -2.33. The van der Waals surface area contributed by atoms with Gasteiger partial charge in [-0.05, 0) is 42.7 Å². The van der Waals surface area contributed by atoms with Gasteiger partial charge >= 0.3 is 6.03 Å². The van der Waals surface area contributed by atoms with E-state index >= 15 is 0 Å². The smallest absolute Gasteiger partial charge is 0.317 e. The third-order valence-electron chi connectivity index (χ3n) is 6.81. The molecule has 2 aliphatic rings. The lowest BCUT2D eigenvalue weighted by Crippen LogP contribution is -2.41. The average molecular weight is 485 g/mol. The number of carbonyl (C=O) groups is 2. The van der Waals surface area contributed by atoms with Gasteiger partial charge in [0.2, 0.25) is 5.91 Å². The van der Waals surface area contributed by atoms with Crippen molar-refractivity contribution in [1.82, 2.24) is 25.0 Å². The number of carbonyl (C=O) groups excluding carboxylic acids is 2. The Hall–Kier alpha value is -4.39. The maximum Gasteiger partial charge on any atom is 0.317 e. The number of rotatable bonds is 3. The van der Waals surface area contributed by atoms with E-state index in [1.165, 1.54) is 6.92 Å². The Morgan fingerprint density at radius 2 is 2.00 bits per heavy atom. The van der Waals surface area contributed by atoms with Crippen LogP contribution in [0.25, 0.3) is 11.1 Å². The lowest BCUT2D eigenvalue weighted by molar-refractivity contribution is -0.114. The van der Waals surface area contributed by atoms with E-state index in [9.17, 15) is 14.9 Å². The summed E-state index contributed by atoms with van der Waals surface area (Å²) >= 11 is 0. The van der Waals surface area contributed by atoms with Crippen molar-refractivity contribution in [2.45, 2.75) is 32.7 Å². The summed E-state index contributed by atoms with van der Waals surface area (Å²) in [5.41, 5.74) is 6.49. The molecule has 0 spiro atoms. The predicted molar refractivity (Wildman–Crippen MR) is 136 cm³/mol. The quantitative estimate of drug-likeness (QED) is 0.590. The van der Waals surface area contributed by atoms with Gasteiger partial charge in [-0.1, -0.05) is 0 Å². The second-order valence-electron chi connectivity index (χ2n) is 9.11. The first-order valence-corrected chi connectivity index (χ1v) is 12.0. The van der Waals surface area contributed by atoms with E-state index in [-0.39, 0.29) is 11.9 Å². The van der Waals surface area contributed by atoms with Gasteiger partial charge in [0.15, 0.2) is 5.82 Å². The van der Waals surface area contributed by atoms with E-state index in [0.717, 1.165) is 65.3 Å². The Morgan fingerprint density at radius 3 is 2.69 bits per heavy atom. The van der Waals surface area contributed by atoms with Crippen molar-refractivity contribution in [2.24, 2.45) is 7.05 Å². The first-order valence-electron chi connectivity index (χ1n) is 12.0. The van der Waals surface area contributed by atoms with Gasteiger partial charge < -0.3 is 20.4 Å². The molecule has 4 heterocycles. The number of nitrogens with one attached hydrogen (secondary N) is 2. The zero-order valence-corrected chi connectivity index (χ0v) is 20.6. The Bertz CT molecular complexity index is 1390. The van der Waals surface area contributed by atoms with Gasteiger partial charge in [-0.15, -0.1) is 0 Å². The number of urea groups is 1. The normalized spacial score (nSPS) is 14.5. The maximum atomic E-state index is 12.3. The summed E-state index contributed by atoms with van der Waals surface area (Å²) in [7, 11) is 3.59. The van der Waals surface area contributed by atoms with E-state index in [4.69, 9.17) is 5.10 Å². The summed E-state index contributed by atoms with van der Waals surface area (Å²) in [6.45, 7) is 3.37. The monoisotopic (exact) mass is 484 g/mol. The molecule has 0 saturated carbocycles. The van der Waals surface area contributed by atoms with Crippen LogP contribution in [0.15, 0.2) is 30.5 Å². The lowest BCUT2D eigenvalue weighted by atomic mass is 9.92. The first-order chi connectivity index (χ1) is 17.4. The van der Waals surface area contributed by atoms with E-state index in [2.05, 4.69) is 32.7 Å².